The molecule has 29 heavy (non-hydrogen) atoms. The first kappa shape index (κ1) is 20.9. The van der Waals surface area contributed by atoms with Gasteiger partial charge in [-0.3, -0.25) is 9.52 Å². The van der Waals surface area contributed by atoms with E-state index < -0.39 is 33.1 Å². The molecule has 0 aromatic heterocycles. The number of amides is 1. The lowest BCUT2D eigenvalue weighted by Gasteiger charge is -2.13. The van der Waals surface area contributed by atoms with E-state index in [0.717, 1.165) is 22.7 Å². The molecule has 0 heterocycles. The van der Waals surface area contributed by atoms with Crippen molar-refractivity contribution >= 4 is 43.2 Å². The van der Waals surface area contributed by atoms with Gasteiger partial charge in [0.1, 0.15) is 11.6 Å². The van der Waals surface area contributed by atoms with E-state index in [9.17, 15) is 22.0 Å². The fourth-order valence-corrected chi connectivity index (χ4v) is 4.16. The maximum atomic E-state index is 13.8. The molecule has 0 radical (unpaired) electrons. The first-order valence-corrected chi connectivity index (χ1v) is 10.6. The lowest BCUT2D eigenvalue weighted by Crippen LogP contribution is -2.17. The van der Waals surface area contributed by atoms with Gasteiger partial charge in [0, 0.05) is 15.8 Å². The Balaban J connectivity index is 1.88. The van der Waals surface area contributed by atoms with Crippen LogP contribution in [0.15, 0.2) is 70.0 Å². The van der Waals surface area contributed by atoms with E-state index in [-0.39, 0.29) is 10.6 Å². The summed E-state index contributed by atoms with van der Waals surface area (Å²) in [5, 5.41) is 2.39. The van der Waals surface area contributed by atoms with Crippen molar-refractivity contribution in [3.05, 3.63) is 87.9 Å². The molecule has 0 saturated heterocycles. The number of hydrogen-bond donors (Lipinski definition) is 2. The number of hydrogen-bond acceptors (Lipinski definition) is 3. The molecule has 0 spiro atoms. The van der Waals surface area contributed by atoms with E-state index in [2.05, 4.69) is 26.0 Å². The molecule has 0 aliphatic carbocycles. The van der Waals surface area contributed by atoms with Crippen LogP contribution in [0.25, 0.3) is 0 Å². The van der Waals surface area contributed by atoms with Gasteiger partial charge in [-0.2, -0.15) is 0 Å². The van der Waals surface area contributed by atoms with Crippen LogP contribution in [0.5, 0.6) is 0 Å². The number of nitrogens with one attached hydrogen (secondary N) is 2. The van der Waals surface area contributed by atoms with Gasteiger partial charge in [-0.05, 0) is 67.1 Å². The van der Waals surface area contributed by atoms with Gasteiger partial charge in [-0.25, -0.2) is 17.2 Å². The van der Waals surface area contributed by atoms with E-state index in [1.165, 1.54) is 18.2 Å². The van der Waals surface area contributed by atoms with Gasteiger partial charge < -0.3 is 5.32 Å². The summed E-state index contributed by atoms with van der Waals surface area (Å²) in [4.78, 5) is 12.2. The Kier molecular flexibility index (Phi) is 5.99. The molecule has 0 aliphatic heterocycles. The van der Waals surface area contributed by atoms with Gasteiger partial charge in [0.05, 0.1) is 10.5 Å². The molecule has 150 valence electrons. The summed E-state index contributed by atoms with van der Waals surface area (Å²) >= 11 is 3.28. The molecule has 5 nitrogen and oxygen atoms in total. The van der Waals surface area contributed by atoms with E-state index in [1.807, 2.05) is 0 Å². The highest BCUT2D eigenvalue weighted by atomic mass is 79.9. The monoisotopic (exact) mass is 480 g/mol. The Labute approximate surface area is 174 Å². The predicted octanol–water partition coefficient (Wildman–Crippen LogP) is 5.09. The van der Waals surface area contributed by atoms with Crippen molar-refractivity contribution in [1.29, 1.82) is 0 Å². The third kappa shape index (κ3) is 4.99. The van der Waals surface area contributed by atoms with Crippen LogP contribution in [-0.2, 0) is 10.0 Å². The number of benzene rings is 3. The minimum Gasteiger partial charge on any atom is -0.322 e. The molecule has 0 aliphatic rings. The zero-order chi connectivity index (χ0) is 21.2. The first-order valence-electron chi connectivity index (χ1n) is 8.31. The van der Waals surface area contributed by atoms with Crippen LogP contribution in [-0.4, -0.2) is 14.3 Å². The van der Waals surface area contributed by atoms with Crippen LogP contribution in [0.3, 0.4) is 0 Å². The average Bonchev–Trinajstić information content (AvgIpc) is 2.66. The minimum atomic E-state index is -3.95. The smallest absolute Gasteiger partial charge is 0.262 e. The Bertz CT molecular complexity index is 1180. The molecule has 0 fully saturated rings. The molecular formula is C20H15BrF2N2O3S. The van der Waals surface area contributed by atoms with Crippen molar-refractivity contribution < 1.29 is 22.0 Å². The Hall–Kier alpha value is -2.78. The van der Waals surface area contributed by atoms with Gasteiger partial charge in [0.2, 0.25) is 0 Å². The number of anilines is 2. The molecule has 0 unspecified atom stereocenters. The minimum absolute atomic E-state index is 0.0575. The summed E-state index contributed by atoms with van der Waals surface area (Å²) in [5.41, 5.74) is 0.455. The second-order valence-electron chi connectivity index (χ2n) is 6.17. The molecular weight excluding hydrogens is 466 g/mol. The fourth-order valence-electron chi connectivity index (χ4n) is 2.57. The van der Waals surface area contributed by atoms with Crippen LogP contribution in [0, 0.1) is 18.6 Å². The van der Waals surface area contributed by atoms with Crippen LogP contribution in [0.4, 0.5) is 20.2 Å². The van der Waals surface area contributed by atoms with Gasteiger partial charge in [-0.15, -0.1) is 0 Å². The highest BCUT2D eigenvalue weighted by Crippen LogP contribution is 2.24. The summed E-state index contributed by atoms with van der Waals surface area (Å²) in [5.74, 6) is -2.54. The SMILES string of the molecule is Cc1ccc(NC(=O)c2cc(F)ccc2F)cc1S(=O)(=O)Nc1ccc(Br)cc1. The standard InChI is InChI=1S/C20H15BrF2N2O3S/c1-12-2-6-16(24-20(26)17-10-14(22)5-9-18(17)23)11-19(12)29(27,28)25-15-7-3-13(21)4-8-15/h2-11,25H,1H3,(H,24,26). The molecule has 0 bridgehead atoms. The second-order valence-corrected chi connectivity index (χ2v) is 8.74. The average molecular weight is 481 g/mol. The number of carbonyl (C=O) groups is 1. The Morgan fingerprint density at radius 2 is 1.59 bits per heavy atom. The van der Waals surface area contributed by atoms with Crippen molar-refractivity contribution in [2.75, 3.05) is 10.0 Å². The maximum absolute atomic E-state index is 13.8. The van der Waals surface area contributed by atoms with E-state index in [1.54, 1.807) is 31.2 Å². The Morgan fingerprint density at radius 3 is 2.28 bits per heavy atom. The summed E-state index contributed by atoms with van der Waals surface area (Å²) < 4.78 is 55.9. The normalized spacial score (nSPS) is 11.2. The number of sulfonamides is 1. The number of halogens is 3. The summed E-state index contributed by atoms with van der Waals surface area (Å²) in [6.45, 7) is 1.61. The Morgan fingerprint density at radius 1 is 0.931 bits per heavy atom. The van der Waals surface area contributed by atoms with Crippen molar-refractivity contribution in [3.8, 4) is 0 Å². The maximum Gasteiger partial charge on any atom is 0.262 e. The van der Waals surface area contributed by atoms with Crippen LogP contribution in [0.2, 0.25) is 0 Å². The van der Waals surface area contributed by atoms with E-state index >= 15 is 0 Å². The summed E-state index contributed by atoms with van der Waals surface area (Å²) in [7, 11) is -3.95. The van der Waals surface area contributed by atoms with E-state index in [4.69, 9.17) is 0 Å². The molecule has 0 saturated carbocycles. The van der Waals surface area contributed by atoms with E-state index in [0.29, 0.717) is 11.3 Å². The molecule has 2 N–H and O–H groups in total. The molecule has 9 heteroatoms. The topological polar surface area (TPSA) is 75.3 Å². The van der Waals surface area contributed by atoms with Crippen LogP contribution < -0.4 is 10.0 Å². The highest BCUT2D eigenvalue weighted by molar-refractivity contribution is 9.10. The van der Waals surface area contributed by atoms with Crippen LogP contribution in [0.1, 0.15) is 15.9 Å². The summed E-state index contributed by atoms with van der Waals surface area (Å²) in [6.07, 6.45) is 0. The molecule has 3 aromatic rings. The van der Waals surface area contributed by atoms with Crippen molar-refractivity contribution in [2.45, 2.75) is 11.8 Å². The predicted molar refractivity (Wildman–Crippen MR) is 110 cm³/mol. The number of rotatable bonds is 5. The van der Waals surface area contributed by atoms with Crippen molar-refractivity contribution in [2.24, 2.45) is 0 Å². The third-order valence-corrected chi connectivity index (χ3v) is 6.06. The zero-order valence-corrected chi connectivity index (χ0v) is 17.4. The lowest BCUT2D eigenvalue weighted by atomic mass is 10.1. The first-order chi connectivity index (χ1) is 13.7. The second kappa shape index (κ2) is 8.30. The number of carbonyl (C=O) groups excluding carboxylic acids is 1. The van der Waals surface area contributed by atoms with Crippen molar-refractivity contribution in [1.82, 2.24) is 0 Å². The molecule has 3 rings (SSSR count). The van der Waals surface area contributed by atoms with Crippen molar-refractivity contribution in [3.63, 3.8) is 0 Å². The lowest BCUT2D eigenvalue weighted by molar-refractivity contribution is 0.102. The van der Waals surface area contributed by atoms with Crippen LogP contribution >= 0.6 is 15.9 Å². The van der Waals surface area contributed by atoms with Gasteiger partial charge in [0.25, 0.3) is 15.9 Å². The largest absolute Gasteiger partial charge is 0.322 e. The van der Waals surface area contributed by atoms with Gasteiger partial charge in [0.15, 0.2) is 0 Å². The molecule has 3 aromatic carbocycles. The quantitative estimate of drug-likeness (QED) is 0.533. The zero-order valence-electron chi connectivity index (χ0n) is 15.0. The number of aryl methyl sites for hydroxylation is 1. The van der Waals surface area contributed by atoms with Gasteiger partial charge in [-0.1, -0.05) is 22.0 Å². The molecule has 0 atom stereocenters. The third-order valence-electron chi connectivity index (χ3n) is 4.01. The molecule has 1 amide bonds. The highest BCUT2D eigenvalue weighted by Gasteiger charge is 2.19. The summed E-state index contributed by atoms with van der Waals surface area (Å²) in [6, 6.07) is 13.3. The fraction of sp³-hybridized carbons (Fsp3) is 0.0500. The van der Waals surface area contributed by atoms with Gasteiger partial charge >= 0.3 is 0 Å².